The summed E-state index contributed by atoms with van der Waals surface area (Å²) in [6.45, 7) is 4.12. The topological polar surface area (TPSA) is 175 Å². The second-order valence-electron chi connectivity index (χ2n) is 18.6. The van der Waals surface area contributed by atoms with E-state index in [4.69, 9.17) is 14.2 Å². The molecule has 0 radical (unpaired) electrons. The first-order chi connectivity index (χ1) is 32.7. The standard InChI is InChI=1S/C56H99NO10/c1-3-5-7-9-11-13-14-15-16-17-18-19-20-21-24-28-32-36-40-44-52(61)65-45-41-37-33-29-25-22-23-27-31-35-39-43-51(60)57-48(49(59)42-38-34-30-26-12-10-8-6-4-2)47-66-56-55(64)54(63)53(62)50(46-58)67-56/h11-13,15-16,25-26,29,38,42,48-50,53-56,58-59,62-64H,3-10,14,17-24,27-28,30-37,39-41,43-47H2,1-2H3,(H,57,60)/b13-11-,16-15-,26-12+,29-25-,42-38+. The molecule has 1 rings (SSSR count). The van der Waals surface area contributed by atoms with Crippen molar-refractivity contribution in [3.05, 3.63) is 60.8 Å². The highest BCUT2D eigenvalue weighted by Gasteiger charge is 2.44. The first-order valence-corrected chi connectivity index (χ1v) is 27.1. The summed E-state index contributed by atoms with van der Waals surface area (Å²) >= 11 is 0. The van der Waals surface area contributed by atoms with E-state index in [9.17, 15) is 35.1 Å². The van der Waals surface area contributed by atoms with Gasteiger partial charge in [-0.3, -0.25) is 9.59 Å². The van der Waals surface area contributed by atoms with Gasteiger partial charge in [0.15, 0.2) is 6.29 Å². The summed E-state index contributed by atoms with van der Waals surface area (Å²) in [5, 5.41) is 54.0. The molecule has 1 saturated heterocycles. The van der Waals surface area contributed by atoms with E-state index in [0.717, 1.165) is 89.9 Å². The van der Waals surface area contributed by atoms with Gasteiger partial charge in [-0.15, -0.1) is 0 Å². The van der Waals surface area contributed by atoms with Crippen molar-refractivity contribution >= 4 is 11.9 Å². The molecule has 0 bridgehead atoms. The first kappa shape index (κ1) is 62.4. The van der Waals surface area contributed by atoms with Gasteiger partial charge in [0, 0.05) is 12.8 Å². The van der Waals surface area contributed by atoms with Gasteiger partial charge in [-0.1, -0.05) is 164 Å². The Hall–Kier alpha value is -2.64. The van der Waals surface area contributed by atoms with Crippen LogP contribution < -0.4 is 5.32 Å². The third kappa shape index (κ3) is 36.0. The van der Waals surface area contributed by atoms with E-state index in [0.29, 0.717) is 25.9 Å². The van der Waals surface area contributed by atoms with Crippen LogP contribution in [0, 0.1) is 0 Å². The smallest absolute Gasteiger partial charge is 0.305 e. The molecule has 7 atom stereocenters. The second-order valence-corrected chi connectivity index (χ2v) is 18.6. The van der Waals surface area contributed by atoms with Crippen LogP contribution in [0.5, 0.6) is 0 Å². The van der Waals surface area contributed by atoms with E-state index in [1.807, 2.05) is 6.08 Å². The van der Waals surface area contributed by atoms with Crippen LogP contribution in [0.15, 0.2) is 60.8 Å². The summed E-state index contributed by atoms with van der Waals surface area (Å²) < 4.78 is 16.6. The van der Waals surface area contributed by atoms with E-state index < -0.39 is 49.5 Å². The fraction of sp³-hybridized carbons (Fsp3) is 0.786. The molecule has 0 saturated carbocycles. The summed E-state index contributed by atoms with van der Waals surface area (Å²) in [4.78, 5) is 25.1. The quantitative estimate of drug-likeness (QED) is 0.0196. The molecular formula is C56H99NO10. The highest BCUT2D eigenvalue weighted by atomic mass is 16.7. The molecule has 0 aromatic heterocycles. The average molecular weight is 946 g/mol. The van der Waals surface area contributed by atoms with Crippen LogP contribution in [-0.2, 0) is 23.8 Å². The van der Waals surface area contributed by atoms with E-state index in [2.05, 4.69) is 67.8 Å². The number of unbranched alkanes of at least 4 members (excludes halogenated alkanes) is 23. The van der Waals surface area contributed by atoms with Crippen LogP contribution in [0.25, 0.3) is 0 Å². The summed E-state index contributed by atoms with van der Waals surface area (Å²) in [6.07, 6.45) is 47.5. The Morgan fingerprint density at radius 2 is 1.01 bits per heavy atom. The number of ether oxygens (including phenoxy) is 3. The number of carbonyl (C=O) groups excluding carboxylic acids is 2. The first-order valence-electron chi connectivity index (χ1n) is 27.1. The Kier molecular flexibility index (Phi) is 42.6. The molecule has 388 valence electrons. The van der Waals surface area contributed by atoms with Crippen LogP contribution in [0.3, 0.4) is 0 Å². The van der Waals surface area contributed by atoms with Crippen molar-refractivity contribution in [3.8, 4) is 0 Å². The molecule has 1 fully saturated rings. The molecule has 1 aliphatic heterocycles. The Morgan fingerprint density at radius 3 is 1.57 bits per heavy atom. The van der Waals surface area contributed by atoms with Crippen molar-refractivity contribution < 1.29 is 49.3 Å². The second kappa shape index (κ2) is 45.8. The van der Waals surface area contributed by atoms with Crippen molar-refractivity contribution in [3.63, 3.8) is 0 Å². The van der Waals surface area contributed by atoms with Crippen molar-refractivity contribution in [2.75, 3.05) is 19.8 Å². The minimum atomic E-state index is -1.59. The lowest BCUT2D eigenvalue weighted by Crippen LogP contribution is -2.60. The zero-order valence-electron chi connectivity index (χ0n) is 42.3. The van der Waals surface area contributed by atoms with E-state index in [1.165, 1.54) is 96.3 Å². The zero-order chi connectivity index (χ0) is 48.8. The van der Waals surface area contributed by atoms with Crippen LogP contribution in [0.2, 0.25) is 0 Å². The van der Waals surface area contributed by atoms with Gasteiger partial charge in [0.05, 0.1) is 32.0 Å². The number of carbonyl (C=O) groups is 2. The maximum absolute atomic E-state index is 12.9. The van der Waals surface area contributed by atoms with Crippen molar-refractivity contribution in [1.29, 1.82) is 0 Å². The molecule has 1 heterocycles. The minimum Gasteiger partial charge on any atom is -0.466 e. The summed E-state index contributed by atoms with van der Waals surface area (Å²) in [5.74, 6) is -0.290. The summed E-state index contributed by atoms with van der Waals surface area (Å²) in [5.41, 5.74) is 0. The van der Waals surface area contributed by atoms with Gasteiger partial charge in [-0.05, 0) is 103 Å². The number of aliphatic hydroxyl groups excluding tert-OH is 5. The third-order valence-corrected chi connectivity index (χ3v) is 12.3. The number of aliphatic hydroxyl groups is 5. The molecular weight excluding hydrogens is 847 g/mol. The number of esters is 1. The Bertz CT molecular complexity index is 1300. The van der Waals surface area contributed by atoms with Crippen molar-refractivity contribution in [2.45, 2.75) is 262 Å². The maximum Gasteiger partial charge on any atom is 0.305 e. The van der Waals surface area contributed by atoms with Crippen LogP contribution in [-0.4, -0.2) is 100 Å². The molecule has 0 aromatic carbocycles. The molecule has 7 unspecified atom stereocenters. The number of allylic oxidation sites excluding steroid dienone is 9. The van der Waals surface area contributed by atoms with Gasteiger partial charge < -0.3 is 45.1 Å². The highest BCUT2D eigenvalue weighted by Crippen LogP contribution is 2.22. The lowest BCUT2D eigenvalue weighted by Gasteiger charge is -2.40. The van der Waals surface area contributed by atoms with Gasteiger partial charge in [0.25, 0.3) is 0 Å². The molecule has 0 aromatic rings. The summed E-state index contributed by atoms with van der Waals surface area (Å²) in [7, 11) is 0. The van der Waals surface area contributed by atoms with Gasteiger partial charge in [-0.2, -0.15) is 0 Å². The molecule has 0 aliphatic carbocycles. The summed E-state index contributed by atoms with van der Waals surface area (Å²) in [6, 6.07) is -0.849. The Morgan fingerprint density at radius 1 is 0.552 bits per heavy atom. The van der Waals surface area contributed by atoms with Crippen molar-refractivity contribution in [2.24, 2.45) is 0 Å². The number of nitrogens with one attached hydrogen (secondary N) is 1. The average Bonchev–Trinajstić information content (AvgIpc) is 3.32. The Labute approximate surface area is 408 Å². The number of amides is 1. The SMILES string of the molecule is CCCCC/C=C\C/C=C\CCCCCCCCCCCC(=O)OCCCC/C=C\CCCCCCCC(=O)NC(COC1OC(CO)C(O)C(O)C1O)C(O)/C=C/CC/C=C/CCCCC. The van der Waals surface area contributed by atoms with E-state index in [1.54, 1.807) is 6.08 Å². The molecule has 6 N–H and O–H groups in total. The molecule has 67 heavy (non-hydrogen) atoms. The molecule has 11 nitrogen and oxygen atoms in total. The maximum atomic E-state index is 12.9. The number of hydrogen-bond donors (Lipinski definition) is 6. The lowest BCUT2D eigenvalue weighted by atomic mass is 9.99. The molecule has 11 heteroatoms. The van der Waals surface area contributed by atoms with Crippen LogP contribution in [0.1, 0.15) is 219 Å². The minimum absolute atomic E-state index is 0.0637. The van der Waals surface area contributed by atoms with Crippen LogP contribution in [0.4, 0.5) is 0 Å². The van der Waals surface area contributed by atoms with Crippen LogP contribution >= 0.6 is 0 Å². The third-order valence-electron chi connectivity index (χ3n) is 12.3. The van der Waals surface area contributed by atoms with Gasteiger partial charge >= 0.3 is 5.97 Å². The molecule has 1 amide bonds. The fourth-order valence-corrected chi connectivity index (χ4v) is 7.94. The number of rotatable bonds is 45. The molecule has 0 spiro atoms. The monoisotopic (exact) mass is 946 g/mol. The Balaban J connectivity index is 2.12. The predicted molar refractivity (Wildman–Crippen MR) is 273 cm³/mol. The van der Waals surface area contributed by atoms with Gasteiger partial charge in [0.1, 0.15) is 24.4 Å². The number of hydrogen-bond acceptors (Lipinski definition) is 10. The predicted octanol–water partition coefficient (Wildman–Crippen LogP) is 11.5. The van der Waals surface area contributed by atoms with Crippen molar-refractivity contribution in [1.82, 2.24) is 5.32 Å². The zero-order valence-corrected chi connectivity index (χ0v) is 42.3. The van der Waals surface area contributed by atoms with Gasteiger partial charge in [-0.25, -0.2) is 0 Å². The lowest BCUT2D eigenvalue weighted by molar-refractivity contribution is -0.302. The molecule has 1 aliphatic rings. The van der Waals surface area contributed by atoms with E-state index in [-0.39, 0.29) is 18.5 Å². The largest absolute Gasteiger partial charge is 0.466 e. The normalized spacial score (nSPS) is 20.0. The van der Waals surface area contributed by atoms with Gasteiger partial charge in [0.2, 0.25) is 5.91 Å². The fourth-order valence-electron chi connectivity index (χ4n) is 7.94. The van der Waals surface area contributed by atoms with E-state index >= 15 is 0 Å². The highest BCUT2D eigenvalue weighted by molar-refractivity contribution is 5.76.